The van der Waals surface area contributed by atoms with E-state index in [-0.39, 0.29) is 11.9 Å². The molecule has 2 N–H and O–H groups in total. The molecule has 1 aromatic rings. The maximum Gasteiger partial charge on any atom is 0.168 e. The first-order valence-electron chi connectivity index (χ1n) is 6.98. The first-order chi connectivity index (χ1) is 9.17. The predicted octanol–water partition coefficient (Wildman–Crippen LogP) is 3.36. The van der Waals surface area contributed by atoms with E-state index in [0.29, 0.717) is 0 Å². The molecule has 0 bridgehead atoms. The van der Waals surface area contributed by atoms with Crippen LogP contribution in [0.3, 0.4) is 0 Å². The minimum Gasteiger partial charge on any atom is -0.399 e. The van der Waals surface area contributed by atoms with E-state index in [2.05, 4.69) is 13.0 Å². The molecule has 1 saturated carbocycles. The fourth-order valence-electron chi connectivity index (χ4n) is 2.89. The summed E-state index contributed by atoms with van der Waals surface area (Å²) in [6.45, 7) is 2.84. The summed E-state index contributed by atoms with van der Waals surface area (Å²) >= 11 is 1.83. The van der Waals surface area contributed by atoms with E-state index in [4.69, 9.17) is 15.2 Å². The van der Waals surface area contributed by atoms with Crippen molar-refractivity contribution >= 4 is 17.4 Å². The first kappa shape index (κ1) is 13.3. The number of anilines is 1. The van der Waals surface area contributed by atoms with Gasteiger partial charge in [0, 0.05) is 29.2 Å². The molecule has 0 amide bonds. The zero-order valence-corrected chi connectivity index (χ0v) is 12.2. The maximum atomic E-state index is 6.13. The second-order valence-corrected chi connectivity index (χ2v) is 6.57. The summed E-state index contributed by atoms with van der Waals surface area (Å²) in [7, 11) is 0. The van der Waals surface area contributed by atoms with E-state index < -0.39 is 0 Å². The second kappa shape index (κ2) is 5.35. The Labute approximate surface area is 118 Å². The van der Waals surface area contributed by atoms with Crippen molar-refractivity contribution in [1.82, 2.24) is 0 Å². The normalized spacial score (nSPS) is 25.2. The predicted molar refractivity (Wildman–Crippen MR) is 78.3 cm³/mol. The number of rotatable bonds is 3. The van der Waals surface area contributed by atoms with Gasteiger partial charge in [0.2, 0.25) is 0 Å². The molecule has 19 heavy (non-hydrogen) atoms. The van der Waals surface area contributed by atoms with Crippen molar-refractivity contribution < 1.29 is 9.47 Å². The van der Waals surface area contributed by atoms with Crippen molar-refractivity contribution in [2.45, 2.75) is 49.4 Å². The fraction of sp³-hybridized carbons (Fsp3) is 0.600. The van der Waals surface area contributed by atoms with Gasteiger partial charge in [0.25, 0.3) is 0 Å². The van der Waals surface area contributed by atoms with E-state index >= 15 is 0 Å². The number of ether oxygens (including phenoxy) is 2. The third-order valence-electron chi connectivity index (χ3n) is 3.90. The Kier molecular flexibility index (Phi) is 3.74. The van der Waals surface area contributed by atoms with Gasteiger partial charge in [-0.1, -0.05) is 0 Å². The largest absolute Gasteiger partial charge is 0.399 e. The molecule has 4 heteroatoms. The molecule has 3 rings (SSSR count). The molecule has 1 saturated heterocycles. The molecule has 1 unspecified atom stereocenters. The molecule has 1 spiro atoms. The fourth-order valence-corrected chi connectivity index (χ4v) is 3.87. The van der Waals surface area contributed by atoms with Crippen LogP contribution < -0.4 is 5.73 Å². The molecule has 1 heterocycles. The van der Waals surface area contributed by atoms with E-state index in [1.165, 1.54) is 23.3 Å². The average Bonchev–Trinajstić information content (AvgIpc) is 2.99. The van der Waals surface area contributed by atoms with Crippen LogP contribution in [0.2, 0.25) is 0 Å². The summed E-state index contributed by atoms with van der Waals surface area (Å²) in [5, 5.41) is 0. The number of thioether (sulfide) groups is 1. The Morgan fingerprint density at radius 3 is 2.89 bits per heavy atom. The van der Waals surface area contributed by atoms with Gasteiger partial charge in [0.1, 0.15) is 0 Å². The summed E-state index contributed by atoms with van der Waals surface area (Å²) < 4.78 is 12.0. The smallest absolute Gasteiger partial charge is 0.168 e. The number of benzene rings is 1. The number of hydrogen-bond acceptors (Lipinski definition) is 4. The van der Waals surface area contributed by atoms with Crippen LogP contribution in [0.15, 0.2) is 23.1 Å². The highest BCUT2D eigenvalue weighted by Gasteiger charge is 2.43. The Morgan fingerprint density at radius 1 is 1.37 bits per heavy atom. The van der Waals surface area contributed by atoms with Gasteiger partial charge < -0.3 is 15.2 Å². The van der Waals surface area contributed by atoms with Gasteiger partial charge >= 0.3 is 0 Å². The van der Waals surface area contributed by atoms with E-state index in [1.54, 1.807) is 0 Å². The van der Waals surface area contributed by atoms with E-state index in [0.717, 1.165) is 30.9 Å². The lowest BCUT2D eigenvalue weighted by atomic mass is 10.2. The van der Waals surface area contributed by atoms with Crippen LogP contribution >= 0.6 is 11.8 Å². The van der Waals surface area contributed by atoms with Crippen molar-refractivity contribution in [3.63, 3.8) is 0 Å². The van der Waals surface area contributed by atoms with Crippen LogP contribution in [0.4, 0.5) is 5.69 Å². The van der Waals surface area contributed by atoms with Gasteiger partial charge in [0.05, 0.1) is 12.7 Å². The summed E-state index contributed by atoms with van der Waals surface area (Å²) in [5.41, 5.74) is 7.83. The molecule has 1 atom stereocenters. The summed E-state index contributed by atoms with van der Waals surface area (Å²) in [6, 6.07) is 6.07. The van der Waals surface area contributed by atoms with Gasteiger partial charge in [-0.2, -0.15) is 0 Å². The lowest BCUT2D eigenvalue weighted by Gasteiger charge is -2.21. The Bertz CT molecular complexity index is 457. The minimum absolute atomic E-state index is 0.222. The zero-order chi connectivity index (χ0) is 13.3. The van der Waals surface area contributed by atoms with Gasteiger partial charge in [0.15, 0.2) is 5.79 Å². The van der Waals surface area contributed by atoms with Crippen molar-refractivity contribution in [2.75, 3.05) is 18.1 Å². The number of nitrogens with two attached hydrogens (primary N) is 1. The third-order valence-corrected chi connectivity index (χ3v) is 5.21. The van der Waals surface area contributed by atoms with Crippen molar-refractivity contribution in [3.8, 4) is 0 Å². The highest BCUT2D eigenvalue weighted by molar-refractivity contribution is 7.99. The van der Waals surface area contributed by atoms with Crippen molar-refractivity contribution in [3.05, 3.63) is 23.8 Å². The monoisotopic (exact) mass is 279 g/mol. The van der Waals surface area contributed by atoms with Gasteiger partial charge in [-0.3, -0.25) is 0 Å². The molecule has 3 nitrogen and oxygen atoms in total. The SMILES string of the molecule is Cc1cc(N)ccc1SCC1COC2(CCCC2)O1. The highest BCUT2D eigenvalue weighted by Crippen LogP contribution is 2.40. The average molecular weight is 279 g/mol. The molecular weight excluding hydrogens is 258 g/mol. The van der Waals surface area contributed by atoms with Gasteiger partial charge in [-0.25, -0.2) is 0 Å². The first-order valence-corrected chi connectivity index (χ1v) is 7.96. The quantitative estimate of drug-likeness (QED) is 0.680. The summed E-state index contributed by atoms with van der Waals surface area (Å²) in [6.07, 6.45) is 4.82. The molecule has 1 aliphatic heterocycles. The number of nitrogen functional groups attached to an aromatic ring is 1. The van der Waals surface area contributed by atoms with Crippen molar-refractivity contribution in [2.24, 2.45) is 0 Å². The van der Waals surface area contributed by atoms with Crippen LogP contribution in [0.25, 0.3) is 0 Å². The van der Waals surface area contributed by atoms with E-state index in [9.17, 15) is 0 Å². The molecule has 1 aromatic carbocycles. The van der Waals surface area contributed by atoms with Crippen LogP contribution in [-0.2, 0) is 9.47 Å². The summed E-state index contributed by atoms with van der Waals surface area (Å²) in [5.74, 6) is 0.716. The second-order valence-electron chi connectivity index (χ2n) is 5.50. The number of aryl methyl sites for hydroxylation is 1. The molecule has 0 aromatic heterocycles. The van der Waals surface area contributed by atoms with Crippen LogP contribution in [0, 0.1) is 6.92 Å². The van der Waals surface area contributed by atoms with Gasteiger partial charge in [-0.05, 0) is 43.5 Å². The zero-order valence-electron chi connectivity index (χ0n) is 11.4. The molecule has 0 radical (unpaired) electrons. The highest BCUT2D eigenvalue weighted by atomic mass is 32.2. The molecule has 104 valence electrons. The summed E-state index contributed by atoms with van der Waals surface area (Å²) in [4.78, 5) is 1.28. The Balaban J connectivity index is 1.55. The molecule has 1 aliphatic carbocycles. The Morgan fingerprint density at radius 2 is 2.16 bits per heavy atom. The number of hydrogen-bond donors (Lipinski definition) is 1. The van der Waals surface area contributed by atoms with E-state index in [1.807, 2.05) is 23.9 Å². The van der Waals surface area contributed by atoms with Crippen molar-refractivity contribution in [1.29, 1.82) is 0 Å². The maximum absolute atomic E-state index is 6.13. The molecule has 2 fully saturated rings. The molecular formula is C15H21NO2S. The minimum atomic E-state index is -0.235. The lowest BCUT2D eigenvalue weighted by molar-refractivity contribution is -0.159. The topological polar surface area (TPSA) is 44.5 Å². The third kappa shape index (κ3) is 2.91. The molecule has 2 aliphatic rings. The standard InChI is InChI=1S/C15H21NO2S/c1-11-8-12(16)4-5-14(11)19-10-13-9-17-15(18-13)6-2-3-7-15/h4-5,8,13H,2-3,6-7,9-10,16H2,1H3. The Hall–Kier alpha value is -0.710. The van der Waals surface area contributed by atoms with Crippen LogP contribution in [0.5, 0.6) is 0 Å². The lowest BCUT2D eigenvalue weighted by Crippen LogP contribution is -2.27. The van der Waals surface area contributed by atoms with Crippen LogP contribution in [0.1, 0.15) is 31.2 Å². The van der Waals surface area contributed by atoms with Crippen LogP contribution in [-0.4, -0.2) is 24.3 Å². The van der Waals surface area contributed by atoms with Gasteiger partial charge in [-0.15, -0.1) is 11.8 Å².